The third-order valence-corrected chi connectivity index (χ3v) is 2.06. The number of carbonyl (C=O) groups excluding carboxylic acids is 2. The summed E-state index contributed by atoms with van der Waals surface area (Å²) in [5.74, 6) is -1.25. The highest BCUT2D eigenvalue weighted by Crippen LogP contribution is 2.06. The van der Waals surface area contributed by atoms with Crippen molar-refractivity contribution in [1.82, 2.24) is 0 Å². The van der Waals surface area contributed by atoms with Gasteiger partial charge in [-0.1, -0.05) is 0 Å². The van der Waals surface area contributed by atoms with Crippen LogP contribution in [-0.2, 0) is 14.3 Å². The maximum Gasteiger partial charge on any atom is 0.422 e. The highest BCUT2D eigenvalue weighted by Gasteiger charge is 2.23. The van der Waals surface area contributed by atoms with Crippen LogP contribution in [0, 0.1) is 0 Å². The van der Waals surface area contributed by atoms with Crippen LogP contribution >= 0.6 is 0 Å². The summed E-state index contributed by atoms with van der Waals surface area (Å²) in [5, 5.41) is 0. The molecule has 88 valence electrons. The van der Waals surface area contributed by atoms with Crippen molar-refractivity contribution >= 4 is 17.7 Å². The normalized spacial score (nSPS) is 9.06. The minimum absolute atomic E-state index is 0.232. The standard InChI is InChI=1S/C11H10N2O4/c1-16-10(14)8-5-3-7(4-6-8)9(13-12)11(15)17-2/h3-6H,1-2H3. The number of hydrogen-bond donors (Lipinski definition) is 0. The van der Waals surface area contributed by atoms with Crippen molar-refractivity contribution in [2.75, 3.05) is 14.2 Å². The van der Waals surface area contributed by atoms with Crippen molar-refractivity contribution < 1.29 is 23.9 Å². The summed E-state index contributed by atoms with van der Waals surface area (Å²) in [6.45, 7) is 0. The first-order valence-corrected chi connectivity index (χ1v) is 4.63. The molecule has 0 bridgehead atoms. The van der Waals surface area contributed by atoms with Crippen molar-refractivity contribution in [3.05, 3.63) is 40.9 Å². The number of nitrogens with zero attached hydrogens (tertiary/aromatic N) is 2. The van der Waals surface area contributed by atoms with Crippen molar-refractivity contribution in [1.29, 1.82) is 0 Å². The zero-order valence-corrected chi connectivity index (χ0v) is 9.34. The fourth-order valence-electron chi connectivity index (χ4n) is 1.20. The number of rotatable bonds is 3. The van der Waals surface area contributed by atoms with E-state index in [-0.39, 0.29) is 5.71 Å². The van der Waals surface area contributed by atoms with Crippen LogP contribution in [0.5, 0.6) is 0 Å². The summed E-state index contributed by atoms with van der Waals surface area (Å²) in [6, 6.07) is 5.82. The molecule has 0 saturated carbocycles. The number of esters is 2. The summed E-state index contributed by atoms with van der Waals surface area (Å²) in [4.78, 5) is 25.2. The Morgan fingerprint density at radius 1 is 1.06 bits per heavy atom. The Labute approximate surface area is 97.4 Å². The highest BCUT2D eigenvalue weighted by atomic mass is 16.5. The molecule has 6 heteroatoms. The van der Waals surface area contributed by atoms with E-state index in [1.54, 1.807) is 0 Å². The van der Waals surface area contributed by atoms with Gasteiger partial charge < -0.3 is 15.0 Å². The molecule has 0 amide bonds. The minimum Gasteiger partial charge on any atom is -0.465 e. The minimum atomic E-state index is -0.765. The van der Waals surface area contributed by atoms with Gasteiger partial charge in [-0.2, -0.15) is 4.79 Å². The molecule has 0 N–H and O–H groups in total. The predicted molar refractivity (Wildman–Crippen MR) is 57.5 cm³/mol. The first-order valence-electron chi connectivity index (χ1n) is 4.63. The zero-order valence-electron chi connectivity index (χ0n) is 9.34. The molecule has 0 unspecified atom stereocenters. The number of carbonyl (C=O) groups is 2. The van der Waals surface area contributed by atoms with Crippen LogP contribution in [0.25, 0.3) is 5.53 Å². The fraction of sp³-hybridized carbons (Fsp3) is 0.182. The van der Waals surface area contributed by atoms with Crippen LogP contribution in [-0.4, -0.2) is 36.7 Å². The molecule has 0 aliphatic rings. The van der Waals surface area contributed by atoms with Gasteiger partial charge in [0.2, 0.25) is 0 Å². The number of benzene rings is 1. The van der Waals surface area contributed by atoms with E-state index in [9.17, 15) is 9.59 Å². The van der Waals surface area contributed by atoms with Crippen molar-refractivity contribution in [2.45, 2.75) is 0 Å². The molecule has 17 heavy (non-hydrogen) atoms. The largest absolute Gasteiger partial charge is 0.465 e. The van der Waals surface area contributed by atoms with Crippen LogP contribution in [0.4, 0.5) is 0 Å². The van der Waals surface area contributed by atoms with Crippen molar-refractivity contribution in [3.63, 3.8) is 0 Å². The molecular formula is C11H10N2O4. The molecule has 1 aromatic rings. The van der Waals surface area contributed by atoms with E-state index in [1.807, 2.05) is 0 Å². The topological polar surface area (TPSA) is 89.0 Å². The van der Waals surface area contributed by atoms with E-state index in [1.165, 1.54) is 38.5 Å². The lowest BCUT2D eigenvalue weighted by atomic mass is 10.1. The van der Waals surface area contributed by atoms with Crippen molar-refractivity contribution in [3.8, 4) is 0 Å². The molecule has 0 aromatic heterocycles. The molecule has 0 fully saturated rings. The second kappa shape index (κ2) is 5.58. The molecule has 0 radical (unpaired) electrons. The van der Waals surface area contributed by atoms with E-state index in [2.05, 4.69) is 14.3 Å². The maximum absolute atomic E-state index is 11.2. The lowest BCUT2D eigenvalue weighted by molar-refractivity contribution is -0.137. The SMILES string of the molecule is COC(=O)C(=[N+]=[N-])c1ccc(C(=O)OC)cc1. The van der Waals surface area contributed by atoms with Gasteiger partial charge in [-0.05, 0) is 24.3 Å². The smallest absolute Gasteiger partial charge is 0.422 e. The Bertz CT molecular complexity index is 487. The van der Waals surface area contributed by atoms with Gasteiger partial charge in [0.1, 0.15) is 0 Å². The molecule has 0 spiro atoms. The molecule has 1 aromatic carbocycles. The molecule has 0 aliphatic carbocycles. The van der Waals surface area contributed by atoms with Crippen LogP contribution in [0.1, 0.15) is 15.9 Å². The second-order valence-corrected chi connectivity index (χ2v) is 3.01. The second-order valence-electron chi connectivity index (χ2n) is 3.01. The predicted octanol–water partition coefficient (Wildman–Crippen LogP) is 0.665. The van der Waals surface area contributed by atoms with Crippen LogP contribution in [0.15, 0.2) is 24.3 Å². The van der Waals surface area contributed by atoms with Crippen LogP contribution < -0.4 is 0 Å². The van der Waals surface area contributed by atoms with Gasteiger partial charge in [0.05, 0.1) is 25.3 Å². The fourth-order valence-corrected chi connectivity index (χ4v) is 1.20. The third kappa shape index (κ3) is 2.76. The number of ether oxygens (including phenoxy) is 2. The lowest BCUT2D eigenvalue weighted by Gasteiger charge is -1.99. The van der Waals surface area contributed by atoms with Gasteiger partial charge in [0.25, 0.3) is 0 Å². The van der Waals surface area contributed by atoms with Crippen LogP contribution in [0.2, 0.25) is 0 Å². The summed E-state index contributed by atoms with van der Waals surface area (Å²) in [7, 11) is 2.45. The molecule has 0 atom stereocenters. The summed E-state index contributed by atoms with van der Waals surface area (Å²) in [5.41, 5.74) is 9.14. The zero-order chi connectivity index (χ0) is 12.8. The molecule has 6 nitrogen and oxygen atoms in total. The van der Waals surface area contributed by atoms with Gasteiger partial charge in [-0.25, -0.2) is 9.59 Å². The molecule has 0 heterocycles. The number of hydrogen-bond acceptors (Lipinski definition) is 4. The van der Waals surface area contributed by atoms with Gasteiger partial charge >= 0.3 is 17.7 Å². The van der Waals surface area contributed by atoms with Crippen LogP contribution in [0.3, 0.4) is 0 Å². The van der Waals surface area contributed by atoms with E-state index in [0.29, 0.717) is 11.1 Å². The molecule has 0 saturated heterocycles. The highest BCUT2D eigenvalue weighted by molar-refractivity contribution is 6.40. The summed E-state index contributed by atoms with van der Waals surface area (Å²) < 4.78 is 8.96. The van der Waals surface area contributed by atoms with E-state index in [0.717, 1.165) is 0 Å². The van der Waals surface area contributed by atoms with E-state index < -0.39 is 11.9 Å². The third-order valence-electron chi connectivity index (χ3n) is 2.06. The van der Waals surface area contributed by atoms with E-state index >= 15 is 0 Å². The molecule has 0 aliphatic heterocycles. The quantitative estimate of drug-likeness (QED) is 0.332. The Morgan fingerprint density at radius 3 is 2.00 bits per heavy atom. The van der Waals surface area contributed by atoms with Crippen molar-refractivity contribution in [2.24, 2.45) is 0 Å². The lowest BCUT2D eigenvalue weighted by Crippen LogP contribution is -2.18. The Morgan fingerprint density at radius 2 is 1.59 bits per heavy atom. The monoisotopic (exact) mass is 234 g/mol. The average molecular weight is 234 g/mol. The van der Waals surface area contributed by atoms with E-state index in [4.69, 9.17) is 5.53 Å². The Kier molecular flexibility index (Phi) is 4.14. The van der Waals surface area contributed by atoms with Gasteiger partial charge in [0, 0.05) is 0 Å². The summed E-state index contributed by atoms with van der Waals surface area (Å²) in [6.07, 6.45) is 0. The van der Waals surface area contributed by atoms with Gasteiger partial charge in [-0.15, -0.1) is 0 Å². The van der Waals surface area contributed by atoms with Gasteiger partial charge in [-0.3, -0.25) is 0 Å². The first kappa shape index (κ1) is 12.6. The van der Waals surface area contributed by atoms with Gasteiger partial charge in [0.15, 0.2) is 0 Å². The molecule has 1 rings (SSSR count). The Balaban J connectivity index is 3.06. The maximum atomic E-state index is 11.2. The number of methoxy groups -OCH3 is 2. The first-order chi connectivity index (χ1) is 8.13. The Hall–Kier alpha value is -2.46. The summed E-state index contributed by atoms with van der Waals surface area (Å²) >= 11 is 0. The molecular weight excluding hydrogens is 224 g/mol. The average Bonchev–Trinajstić information content (AvgIpc) is 2.39.